The van der Waals surface area contributed by atoms with Crippen LogP contribution in [0, 0.1) is 6.92 Å². The normalized spacial score (nSPS) is 10.7. The van der Waals surface area contributed by atoms with Crippen LogP contribution in [0.25, 0.3) is 21.9 Å². The van der Waals surface area contributed by atoms with E-state index in [0.717, 1.165) is 0 Å². The Bertz CT molecular complexity index is 714. The van der Waals surface area contributed by atoms with Crippen LogP contribution in [0.15, 0.2) is 60.7 Å². The van der Waals surface area contributed by atoms with Crippen molar-refractivity contribution in [3.05, 3.63) is 66.2 Å². The number of rotatable bonds is 1. The second-order valence-electron chi connectivity index (χ2n) is 4.85. The van der Waals surface area contributed by atoms with Crippen molar-refractivity contribution in [3.63, 3.8) is 0 Å². The lowest BCUT2D eigenvalue weighted by Crippen LogP contribution is -2.00. The topological polar surface area (TPSA) is 0 Å². The summed E-state index contributed by atoms with van der Waals surface area (Å²) in [5, 5.41) is 2.65. The molecule has 0 atom stereocenters. The van der Waals surface area contributed by atoms with Crippen LogP contribution in [-0.2, 0) is 0 Å². The zero-order chi connectivity index (χ0) is 12.5. The number of hydrogen-bond acceptors (Lipinski definition) is 0. The molecule has 0 N–H and O–H groups in total. The molecule has 0 amide bonds. The lowest BCUT2D eigenvalue weighted by molar-refractivity contribution is 1.47. The second-order valence-corrected chi connectivity index (χ2v) is 4.85. The fraction of sp³-hybridized carbons (Fsp3) is 0.0588. The van der Waals surface area contributed by atoms with Gasteiger partial charge in [-0.3, -0.25) is 0 Å². The third-order valence-electron chi connectivity index (χ3n) is 3.47. The van der Waals surface area contributed by atoms with E-state index in [-0.39, 0.29) is 0 Å². The van der Waals surface area contributed by atoms with Crippen LogP contribution in [0.2, 0.25) is 0 Å². The van der Waals surface area contributed by atoms with Crippen LogP contribution in [0.5, 0.6) is 0 Å². The van der Waals surface area contributed by atoms with Crippen molar-refractivity contribution in [1.82, 2.24) is 0 Å². The van der Waals surface area contributed by atoms with Gasteiger partial charge < -0.3 is 0 Å². The predicted molar refractivity (Wildman–Crippen MR) is 82.3 cm³/mol. The van der Waals surface area contributed by atoms with E-state index in [1.165, 1.54) is 32.9 Å². The highest BCUT2D eigenvalue weighted by Crippen LogP contribution is 2.30. The molecule has 0 aliphatic carbocycles. The zero-order valence-corrected chi connectivity index (χ0v) is 10.8. The average Bonchev–Trinajstić information content (AvgIpc) is 2.38. The van der Waals surface area contributed by atoms with Crippen LogP contribution < -0.4 is 5.46 Å². The molecule has 0 bridgehead atoms. The van der Waals surface area contributed by atoms with Crippen LogP contribution in [-0.4, -0.2) is 7.85 Å². The van der Waals surface area contributed by atoms with Gasteiger partial charge in [-0.1, -0.05) is 66.1 Å². The molecular formula is C17H15B. The van der Waals surface area contributed by atoms with Crippen molar-refractivity contribution in [2.75, 3.05) is 0 Å². The van der Waals surface area contributed by atoms with Gasteiger partial charge in [-0.25, -0.2) is 0 Å². The van der Waals surface area contributed by atoms with Gasteiger partial charge in [-0.05, 0) is 34.4 Å². The first-order valence-electron chi connectivity index (χ1n) is 6.31. The Morgan fingerprint density at radius 3 is 2.39 bits per heavy atom. The third-order valence-corrected chi connectivity index (χ3v) is 3.47. The van der Waals surface area contributed by atoms with Gasteiger partial charge in [0.2, 0.25) is 0 Å². The molecule has 0 saturated heterocycles. The Kier molecular flexibility index (Phi) is 2.68. The summed E-state index contributed by atoms with van der Waals surface area (Å²) in [6.07, 6.45) is 0. The first kappa shape index (κ1) is 11.1. The average molecular weight is 230 g/mol. The van der Waals surface area contributed by atoms with Gasteiger partial charge in [0, 0.05) is 0 Å². The van der Waals surface area contributed by atoms with Crippen LogP contribution in [0.4, 0.5) is 0 Å². The molecule has 86 valence electrons. The molecule has 18 heavy (non-hydrogen) atoms. The van der Waals surface area contributed by atoms with Crippen molar-refractivity contribution in [1.29, 1.82) is 0 Å². The van der Waals surface area contributed by atoms with E-state index in [9.17, 15) is 0 Å². The van der Waals surface area contributed by atoms with Crippen molar-refractivity contribution < 1.29 is 0 Å². The summed E-state index contributed by atoms with van der Waals surface area (Å²) in [6.45, 7) is 2.17. The number of aryl methyl sites for hydroxylation is 1. The van der Waals surface area contributed by atoms with Crippen LogP contribution in [0.3, 0.4) is 0 Å². The Morgan fingerprint density at radius 1 is 0.778 bits per heavy atom. The number of benzene rings is 3. The van der Waals surface area contributed by atoms with Crippen LogP contribution >= 0.6 is 0 Å². The first-order chi connectivity index (χ1) is 8.75. The lowest BCUT2D eigenvalue weighted by Gasteiger charge is -2.10. The number of hydrogen-bond donors (Lipinski definition) is 0. The molecular weight excluding hydrogens is 215 g/mol. The van der Waals surface area contributed by atoms with E-state index in [4.69, 9.17) is 0 Å². The van der Waals surface area contributed by atoms with E-state index in [2.05, 4.69) is 75.4 Å². The summed E-state index contributed by atoms with van der Waals surface area (Å²) in [5.41, 5.74) is 5.28. The molecule has 3 rings (SSSR count). The Labute approximate surface area is 109 Å². The minimum absolute atomic E-state index is 1.31. The minimum Gasteiger partial charge on any atom is -0.0883 e. The van der Waals surface area contributed by atoms with Gasteiger partial charge in [0.05, 0.1) is 0 Å². The molecule has 0 radical (unpaired) electrons. The van der Waals surface area contributed by atoms with E-state index >= 15 is 0 Å². The quantitative estimate of drug-likeness (QED) is 0.563. The van der Waals surface area contributed by atoms with Gasteiger partial charge in [0.1, 0.15) is 7.85 Å². The highest BCUT2D eigenvalue weighted by molar-refractivity contribution is 6.33. The summed E-state index contributed by atoms with van der Waals surface area (Å²) in [5.74, 6) is 0. The summed E-state index contributed by atoms with van der Waals surface area (Å²) >= 11 is 0. The standard InChI is InChI=1S/C17H15B/c1-12-5-2-3-7-15(12)17-8-4-6-13-11-14(18)9-10-16(13)17/h2-11H,18H2,1H3. The Balaban J connectivity index is 2.33. The molecule has 0 aliphatic rings. The van der Waals surface area contributed by atoms with Gasteiger partial charge in [-0.2, -0.15) is 0 Å². The summed E-state index contributed by atoms with van der Waals surface area (Å²) < 4.78 is 0. The van der Waals surface area contributed by atoms with E-state index < -0.39 is 0 Å². The van der Waals surface area contributed by atoms with Crippen molar-refractivity contribution in [2.24, 2.45) is 0 Å². The van der Waals surface area contributed by atoms with Gasteiger partial charge in [0.15, 0.2) is 0 Å². The fourth-order valence-corrected chi connectivity index (χ4v) is 2.51. The first-order valence-corrected chi connectivity index (χ1v) is 6.31. The molecule has 0 spiro atoms. The van der Waals surface area contributed by atoms with Crippen LogP contribution in [0.1, 0.15) is 5.56 Å². The molecule has 0 heterocycles. The molecule has 1 heteroatoms. The fourth-order valence-electron chi connectivity index (χ4n) is 2.51. The zero-order valence-electron chi connectivity index (χ0n) is 10.8. The smallest absolute Gasteiger partial charge is 0.0883 e. The maximum atomic E-state index is 2.25. The largest absolute Gasteiger partial charge is 0.139 e. The van der Waals surface area contributed by atoms with Gasteiger partial charge >= 0.3 is 0 Å². The maximum Gasteiger partial charge on any atom is 0.139 e. The number of fused-ring (bicyclic) bond motifs is 1. The lowest BCUT2D eigenvalue weighted by atomic mass is 9.90. The summed E-state index contributed by atoms with van der Waals surface area (Å²) in [4.78, 5) is 0. The second kappa shape index (κ2) is 4.34. The highest BCUT2D eigenvalue weighted by Gasteiger charge is 2.05. The summed E-state index contributed by atoms with van der Waals surface area (Å²) in [6, 6.07) is 21.8. The Hall–Kier alpha value is -2.02. The van der Waals surface area contributed by atoms with Gasteiger partial charge in [0.25, 0.3) is 0 Å². The predicted octanol–water partition coefficient (Wildman–Crippen LogP) is 3.07. The molecule has 3 aromatic rings. The van der Waals surface area contributed by atoms with Crippen molar-refractivity contribution >= 4 is 24.1 Å². The monoisotopic (exact) mass is 230 g/mol. The molecule has 0 unspecified atom stereocenters. The highest BCUT2D eigenvalue weighted by atomic mass is 14.1. The molecule has 0 fully saturated rings. The Morgan fingerprint density at radius 2 is 1.56 bits per heavy atom. The third kappa shape index (κ3) is 1.82. The van der Waals surface area contributed by atoms with Gasteiger partial charge in [-0.15, -0.1) is 0 Å². The van der Waals surface area contributed by atoms with E-state index in [1.807, 2.05) is 0 Å². The summed E-state index contributed by atoms with van der Waals surface area (Å²) in [7, 11) is 2.14. The molecule has 0 aromatic heterocycles. The van der Waals surface area contributed by atoms with Crippen molar-refractivity contribution in [3.8, 4) is 11.1 Å². The van der Waals surface area contributed by atoms with Crippen molar-refractivity contribution in [2.45, 2.75) is 6.92 Å². The minimum atomic E-state index is 1.31. The molecule has 0 aliphatic heterocycles. The van der Waals surface area contributed by atoms with E-state index in [0.29, 0.717) is 0 Å². The van der Waals surface area contributed by atoms with E-state index in [1.54, 1.807) is 0 Å². The molecule has 3 aromatic carbocycles. The molecule has 0 nitrogen and oxygen atoms in total. The maximum absolute atomic E-state index is 2.25. The SMILES string of the molecule is Bc1ccc2c(-c3ccccc3C)cccc2c1. The molecule has 0 saturated carbocycles.